The zero-order chi connectivity index (χ0) is 22.8. The van der Waals surface area contributed by atoms with Crippen LogP contribution in [0.1, 0.15) is 30.4 Å². The molecule has 3 rings (SSSR count). The molecule has 1 atom stereocenters. The molecule has 10 heteroatoms. The Morgan fingerprint density at radius 1 is 1.28 bits per heavy atom. The molecular formula is C22H24ClFN4O4. The topological polar surface area (TPSA) is 102 Å². The number of nitrogens with zero attached hydrogens (tertiary/aromatic N) is 1. The van der Waals surface area contributed by atoms with Gasteiger partial charge < -0.3 is 15.4 Å². The smallest absolute Gasteiger partial charge is 0.267 e. The number of pyridine rings is 1. The predicted molar refractivity (Wildman–Crippen MR) is 118 cm³/mol. The van der Waals surface area contributed by atoms with Crippen LogP contribution in [-0.2, 0) is 25.7 Å². The van der Waals surface area contributed by atoms with Gasteiger partial charge in [0.05, 0.1) is 11.6 Å². The first kappa shape index (κ1) is 23.6. The van der Waals surface area contributed by atoms with Crippen LogP contribution < -0.4 is 16.1 Å². The number of anilines is 1. The van der Waals surface area contributed by atoms with Crippen molar-refractivity contribution in [3.8, 4) is 0 Å². The Kier molecular flexibility index (Phi) is 8.97. The summed E-state index contributed by atoms with van der Waals surface area (Å²) in [5, 5.41) is 5.87. The number of carbonyl (C=O) groups is 2. The Balaban J connectivity index is 1.41. The van der Waals surface area contributed by atoms with E-state index in [0.717, 1.165) is 24.8 Å². The molecule has 1 aliphatic rings. The highest BCUT2D eigenvalue weighted by Crippen LogP contribution is 2.20. The number of amides is 2. The summed E-state index contributed by atoms with van der Waals surface area (Å²) < 4.78 is 18.3. The summed E-state index contributed by atoms with van der Waals surface area (Å²) >= 11 is 6.21. The molecule has 2 amide bonds. The Bertz CT molecular complexity index is 949. The number of hydrogen-bond acceptors (Lipinski definition) is 6. The Morgan fingerprint density at radius 3 is 2.81 bits per heavy atom. The van der Waals surface area contributed by atoms with Crippen LogP contribution in [0.4, 0.5) is 10.2 Å². The minimum Gasteiger partial charge on any atom is -0.360 e. The molecular weight excluding hydrogens is 439 g/mol. The van der Waals surface area contributed by atoms with Crippen LogP contribution in [-0.4, -0.2) is 36.2 Å². The van der Waals surface area contributed by atoms with E-state index < -0.39 is 12.2 Å². The summed E-state index contributed by atoms with van der Waals surface area (Å²) in [5.74, 6) is -0.697. The summed E-state index contributed by atoms with van der Waals surface area (Å²) in [7, 11) is 0. The number of hydroxylamine groups is 1. The standard InChI is InChI=1S/C22H24ClFN4O4/c23-18-11-16(6-9-19(29)28-32-21-3-1-2-10-31-21)13-26-22(18)27-14-20(30)25-12-15-4-7-17(24)8-5-15/h4-9,11,13,21H,1-3,10,12,14H2,(H,25,30)(H,26,27)(H,28,29)/b9-6+. The highest BCUT2D eigenvalue weighted by atomic mass is 35.5. The molecule has 1 saturated heterocycles. The van der Waals surface area contributed by atoms with E-state index in [1.807, 2.05) is 0 Å². The maximum absolute atomic E-state index is 12.9. The molecule has 1 aromatic heterocycles. The average Bonchev–Trinajstić information content (AvgIpc) is 2.81. The molecule has 1 unspecified atom stereocenters. The van der Waals surface area contributed by atoms with Gasteiger partial charge in [-0.05, 0) is 48.2 Å². The maximum atomic E-state index is 12.9. The van der Waals surface area contributed by atoms with Crippen molar-refractivity contribution in [2.45, 2.75) is 32.1 Å². The number of rotatable bonds is 9. The number of benzene rings is 1. The molecule has 1 aromatic carbocycles. The van der Waals surface area contributed by atoms with Crippen LogP contribution in [0.5, 0.6) is 0 Å². The third-order valence-corrected chi connectivity index (χ3v) is 4.83. The first-order chi connectivity index (χ1) is 15.5. The monoisotopic (exact) mass is 462 g/mol. The molecule has 0 radical (unpaired) electrons. The van der Waals surface area contributed by atoms with E-state index in [4.69, 9.17) is 21.2 Å². The van der Waals surface area contributed by atoms with Crippen molar-refractivity contribution in [2.24, 2.45) is 0 Å². The van der Waals surface area contributed by atoms with Crippen molar-refractivity contribution in [3.63, 3.8) is 0 Å². The fourth-order valence-corrected chi connectivity index (χ4v) is 3.08. The van der Waals surface area contributed by atoms with Crippen molar-refractivity contribution >= 4 is 35.3 Å². The number of nitrogens with one attached hydrogen (secondary N) is 3. The largest absolute Gasteiger partial charge is 0.360 e. The fraction of sp³-hybridized carbons (Fsp3) is 0.318. The zero-order valence-corrected chi connectivity index (χ0v) is 18.0. The molecule has 1 fully saturated rings. The van der Waals surface area contributed by atoms with Crippen molar-refractivity contribution in [1.82, 2.24) is 15.8 Å². The second kappa shape index (κ2) is 12.1. The SMILES string of the molecule is O=C(/C=C/c1cnc(NCC(=O)NCc2ccc(F)cc2)c(Cl)c1)NOC1CCCCO1. The fourth-order valence-electron chi connectivity index (χ4n) is 2.84. The minimum absolute atomic E-state index is 0.0356. The van der Waals surface area contributed by atoms with Gasteiger partial charge in [-0.3, -0.25) is 9.59 Å². The van der Waals surface area contributed by atoms with E-state index in [9.17, 15) is 14.0 Å². The van der Waals surface area contributed by atoms with Crippen molar-refractivity contribution < 1.29 is 23.6 Å². The van der Waals surface area contributed by atoms with E-state index in [1.165, 1.54) is 24.4 Å². The van der Waals surface area contributed by atoms with Crippen LogP contribution in [0.15, 0.2) is 42.6 Å². The van der Waals surface area contributed by atoms with Gasteiger partial charge in [-0.1, -0.05) is 23.7 Å². The first-order valence-electron chi connectivity index (χ1n) is 10.2. The molecule has 0 saturated carbocycles. The van der Waals surface area contributed by atoms with Gasteiger partial charge in [-0.2, -0.15) is 0 Å². The molecule has 32 heavy (non-hydrogen) atoms. The average molecular weight is 463 g/mol. The molecule has 8 nitrogen and oxygen atoms in total. The Labute approximate surface area is 190 Å². The van der Waals surface area contributed by atoms with Crippen LogP contribution in [0.2, 0.25) is 5.02 Å². The molecule has 0 bridgehead atoms. The van der Waals surface area contributed by atoms with Crippen molar-refractivity contribution in [2.75, 3.05) is 18.5 Å². The van der Waals surface area contributed by atoms with E-state index in [1.54, 1.807) is 24.3 Å². The van der Waals surface area contributed by atoms with Gasteiger partial charge in [-0.15, -0.1) is 0 Å². The van der Waals surface area contributed by atoms with E-state index in [2.05, 4.69) is 21.1 Å². The molecule has 1 aliphatic heterocycles. The third kappa shape index (κ3) is 7.92. The van der Waals surface area contributed by atoms with Gasteiger partial charge in [0.1, 0.15) is 11.6 Å². The first-order valence-corrected chi connectivity index (χ1v) is 10.5. The lowest BCUT2D eigenvalue weighted by Gasteiger charge is -2.21. The second-order valence-corrected chi connectivity index (χ2v) is 7.48. The Hall–Kier alpha value is -3.01. The zero-order valence-electron chi connectivity index (χ0n) is 17.3. The Morgan fingerprint density at radius 2 is 2.09 bits per heavy atom. The number of hydrogen-bond donors (Lipinski definition) is 3. The number of carbonyl (C=O) groups excluding carboxylic acids is 2. The summed E-state index contributed by atoms with van der Waals surface area (Å²) in [6, 6.07) is 7.48. The van der Waals surface area contributed by atoms with Gasteiger partial charge in [0.2, 0.25) is 5.91 Å². The van der Waals surface area contributed by atoms with Crippen LogP contribution in [0.3, 0.4) is 0 Å². The molecule has 2 aromatic rings. The summed E-state index contributed by atoms with van der Waals surface area (Å²) in [6.45, 7) is 0.868. The van der Waals surface area contributed by atoms with Gasteiger partial charge in [0.15, 0.2) is 6.29 Å². The second-order valence-electron chi connectivity index (χ2n) is 7.07. The van der Waals surface area contributed by atoms with Crippen LogP contribution >= 0.6 is 11.6 Å². The lowest BCUT2D eigenvalue weighted by Crippen LogP contribution is -2.32. The normalized spacial score (nSPS) is 16.0. The third-order valence-electron chi connectivity index (χ3n) is 4.54. The summed E-state index contributed by atoms with van der Waals surface area (Å²) in [4.78, 5) is 33.2. The quantitative estimate of drug-likeness (QED) is 0.391. The number of aromatic nitrogens is 1. The minimum atomic E-state index is -0.435. The van der Waals surface area contributed by atoms with Crippen molar-refractivity contribution in [1.29, 1.82) is 0 Å². The lowest BCUT2D eigenvalue weighted by molar-refractivity contribution is -0.198. The van der Waals surface area contributed by atoms with Crippen LogP contribution in [0, 0.1) is 5.82 Å². The summed E-state index contributed by atoms with van der Waals surface area (Å²) in [5.41, 5.74) is 3.72. The van der Waals surface area contributed by atoms with Gasteiger partial charge in [0.25, 0.3) is 5.91 Å². The van der Waals surface area contributed by atoms with Gasteiger partial charge in [0, 0.05) is 31.8 Å². The lowest BCUT2D eigenvalue weighted by atomic mass is 10.2. The molecule has 0 aliphatic carbocycles. The highest BCUT2D eigenvalue weighted by molar-refractivity contribution is 6.33. The molecule has 2 heterocycles. The van der Waals surface area contributed by atoms with E-state index in [-0.39, 0.29) is 24.8 Å². The van der Waals surface area contributed by atoms with Crippen molar-refractivity contribution in [3.05, 3.63) is 64.6 Å². The maximum Gasteiger partial charge on any atom is 0.267 e. The van der Waals surface area contributed by atoms with Crippen LogP contribution in [0.25, 0.3) is 6.08 Å². The van der Waals surface area contributed by atoms with Gasteiger partial charge >= 0.3 is 0 Å². The highest BCUT2D eigenvalue weighted by Gasteiger charge is 2.15. The predicted octanol–water partition coefficient (Wildman–Crippen LogP) is 3.19. The van der Waals surface area contributed by atoms with E-state index >= 15 is 0 Å². The molecule has 0 spiro atoms. The molecule has 170 valence electrons. The van der Waals surface area contributed by atoms with Gasteiger partial charge in [-0.25, -0.2) is 19.7 Å². The number of ether oxygens (including phenoxy) is 1. The summed E-state index contributed by atoms with van der Waals surface area (Å²) in [6.07, 6.45) is 6.66. The number of halogens is 2. The molecule has 3 N–H and O–H groups in total. The van der Waals surface area contributed by atoms with E-state index in [0.29, 0.717) is 23.0 Å².